The van der Waals surface area contributed by atoms with Crippen LogP contribution in [0.2, 0.25) is 0 Å². The third kappa shape index (κ3) is 3.78. The van der Waals surface area contributed by atoms with E-state index >= 15 is 0 Å². The molecule has 6 heteroatoms. The molecule has 0 unspecified atom stereocenters. The molecular weight excluding hydrogens is 310 g/mol. The number of carbonyl (C=O) groups is 1. The summed E-state index contributed by atoms with van der Waals surface area (Å²) in [5.74, 6) is 0.666. The Morgan fingerprint density at radius 2 is 1.70 bits per heavy atom. The molecule has 116 valence electrons. The first-order valence-electron chi connectivity index (χ1n) is 7.07. The Hall–Kier alpha value is -2.60. The molecule has 0 bridgehead atoms. The lowest BCUT2D eigenvalue weighted by Gasteiger charge is -2.16. The molecule has 0 spiro atoms. The number of nitrogens with zero attached hydrogens (tertiary/aromatic N) is 3. The number of benzene rings is 2. The third-order valence-electron chi connectivity index (χ3n) is 3.26. The lowest BCUT2D eigenvalue weighted by molar-refractivity contribution is -0.115. The summed E-state index contributed by atoms with van der Waals surface area (Å²) < 4.78 is 5.58. The molecule has 1 aromatic heterocycles. The molecule has 0 aliphatic heterocycles. The number of para-hydroxylation sites is 1. The zero-order chi connectivity index (χ0) is 16.1. The second kappa shape index (κ2) is 7.11. The number of aromatic nitrogens is 2. The molecule has 0 fully saturated rings. The van der Waals surface area contributed by atoms with Gasteiger partial charge in [-0.3, -0.25) is 4.79 Å². The van der Waals surface area contributed by atoms with Crippen LogP contribution in [0.1, 0.15) is 0 Å². The maximum absolute atomic E-state index is 12.2. The van der Waals surface area contributed by atoms with Gasteiger partial charge in [-0.1, -0.05) is 48.2 Å². The normalized spacial score (nSPS) is 10.5. The van der Waals surface area contributed by atoms with E-state index in [0.717, 1.165) is 11.3 Å². The van der Waals surface area contributed by atoms with Gasteiger partial charge in [-0.05, 0) is 24.3 Å². The molecule has 0 saturated heterocycles. The Kier molecular flexibility index (Phi) is 4.73. The highest BCUT2D eigenvalue weighted by Gasteiger charge is 2.14. The molecule has 2 aromatic carbocycles. The van der Waals surface area contributed by atoms with Gasteiger partial charge in [-0.2, -0.15) is 0 Å². The fourth-order valence-corrected chi connectivity index (χ4v) is 2.66. The predicted octanol–water partition coefficient (Wildman–Crippen LogP) is 3.49. The Morgan fingerprint density at radius 3 is 2.39 bits per heavy atom. The van der Waals surface area contributed by atoms with Crippen molar-refractivity contribution in [2.75, 3.05) is 17.7 Å². The van der Waals surface area contributed by atoms with Gasteiger partial charge in [-0.15, -0.1) is 10.2 Å². The summed E-state index contributed by atoms with van der Waals surface area (Å²) in [5.41, 5.74) is 1.72. The van der Waals surface area contributed by atoms with Gasteiger partial charge in [0.25, 0.3) is 5.22 Å². The van der Waals surface area contributed by atoms with Gasteiger partial charge < -0.3 is 9.32 Å². The number of carbonyl (C=O) groups excluding carboxylic acids is 1. The maximum atomic E-state index is 12.2. The van der Waals surface area contributed by atoms with Crippen molar-refractivity contribution in [3.8, 4) is 11.5 Å². The van der Waals surface area contributed by atoms with Gasteiger partial charge in [0, 0.05) is 18.3 Å². The number of amides is 1. The zero-order valence-corrected chi connectivity index (χ0v) is 13.4. The monoisotopic (exact) mass is 325 g/mol. The summed E-state index contributed by atoms with van der Waals surface area (Å²) in [6.07, 6.45) is 0. The van der Waals surface area contributed by atoms with Crippen LogP contribution in [0.3, 0.4) is 0 Å². The Bertz CT molecular complexity index is 775. The fourth-order valence-electron chi connectivity index (χ4n) is 1.98. The van der Waals surface area contributed by atoms with E-state index in [4.69, 9.17) is 4.42 Å². The van der Waals surface area contributed by atoms with Gasteiger partial charge in [0.05, 0.1) is 5.75 Å². The lowest BCUT2D eigenvalue weighted by atomic mass is 10.2. The van der Waals surface area contributed by atoms with E-state index in [1.165, 1.54) is 11.8 Å². The summed E-state index contributed by atoms with van der Waals surface area (Å²) >= 11 is 1.24. The number of thioether (sulfide) groups is 1. The third-order valence-corrected chi connectivity index (χ3v) is 4.07. The van der Waals surface area contributed by atoms with Gasteiger partial charge in [-0.25, -0.2) is 0 Å². The van der Waals surface area contributed by atoms with Crippen molar-refractivity contribution in [3.05, 3.63) is 60.7 Å². The molecule has 0 saturated carbocycles. The van der Waals surface area contributed by atoms with Crippen molar-refractivity contribution in [2.45, 2.75) is 5.22 Å². The molecule has 3 rings (SSSR count). The highest BCUT2D eigenvalue weighted by atomic mass is 32.2. The minimum atomic E-state index is -0.0272. The summed E-state index contributed by atoms with van der Waals surface area (Å²) in [5, 5.41) is 8.36. The zero-order valence-electron chi connectivity index (χ0n) is 12.5. The Labute approximate surface area is 138 Å². The largest absolute Gasteiger partial charge is 0.411 e. The van der Waals surface area contributed by atoms with Crippen LogP contribution in [0.4, 0.5) is 5.69 Å². The van der Waals surface area contributed by atoms with Crippen LogP contribution >= 0.6 is 11.8 Å². The molecule has 0 aliphatic carbocycles. The highest BCUT2D eigenvalue weighted by molar-refractivity contribution is 7.99. The Balaban J connectivity index is 1.61. The van der Waals surface area contributed by atoms with E-state index in [2.05, 4.69) is 10.2 Å². The van der Waals surface area contributed by atoms with E-state index in [0.29, 0.717) is 11.1 Å². The van der Waals surface area contributed by atoms with Crippen molar-refractivity contribution >= 4 is 23.4 Å². The number of anilines is 1. The quantitative estimate of drug-likeness (QED) is 0.672. The molecule has 0 aliphatic rings. The average Bonchev–Trinajstić information content (AvgIpc) is 3.09. The fraction of sp³-hybridized carbons (Fsp3) is 0.118. The Morgan fingerprint density at radius 1 is 1.04 bits per heavy atom. The highest BCUT2D eigenvalue weighted by Crippen LogP contribution is 2.23. The first-order valence-corrected chi connectivity index (χ1v) is 8.06. The van der Waals surface area contributed by atoms with Crippen molar-refractivity contribution < 1.29 is 9.21 Å². The topological polar surface area (TPSA) is 59.2 Å². The summed E-state index contributed by atoms with van der Waals surface area (Å²) in [7, 11) is 1.75. The van der Waals surface area contributed by atoms with E-state index in [-0.39, 0.29) is 11.7 Å². The van der Waals surface area contributed by atoms with E-state index in [9.17, 15) is 4.79 Å². The van der Waals surface area contributed by atoms with Crippen LogP contribution in [-0.4, -0.2) is 28.9 Å². The van der Waals surface area contributed by atoms with Crippen molar-refractivity contribution in [1.82, 2.24) is 10.2 Å². The van der Waals surface area contributed by atoms with Crippen LogP contribution < -0.4 is 4.90 Å². The molecule has 0 radical (unpaired) electrons. The molecular formula is C17H15N3O2S. The minimum Gasteiger partial charge on any atom is -0.411 e. The van der Waals surface area contributed by atoms with Gasteiger partial charge in [0.2, 0.25) is 11.8 Å². The van der Waals surface area contributed by atoms with Gasteiger partial charge >= 0.3 is 0 Å². The standard InChI is InChI=1S/C17H15N3O2S/c1-20(14-10-6-3-7-11-14)15(21)12-23-17-19-18-16(22-17)13-8-4-2-5-9-13/h2-11H,12H2,1H3. The molecule has 0 atom stereocenters. The van der Waals surface area contributed by atoms with Gasteiger partial charge in [0.1, 0.15) is 0 Å². The molecule has 5 nitrogen and oxygen atoms in total. The van der Waals surface area contributed by atoms with E-state index < -0.39 is 0 Å². The molecule has 0 N–H and O–H groups in total. The second-order valence-electron chi connectivity index (χ2n) is 4.82. The van der Waals surface area contributed by atoms with Crippen molar-refractivity contribution in [1.29, 1.82) is 0 Å². The molecule has 3 aromatic rings. The van der Waals surface area contributed by atoms with Crippen LogP contribution in [0.15, 0.2) is 70.3 Å². The van der Waals surface area contributed by atoms with E-state index in [1.807, 2.05) is 60.7 Å². The average molecular weight is 325 g/mol. The smallest absolute Gasteiger partial charge is 0.277 e. The van der Waals surface area contributed by atoms with Crippen LogP contribution in [0.25, 0.3) is 11.5 Å². The molecule has 1 amide bonds. The van der Waals surface area contributed by atoms with Crippen molar-refractivity contribution in [3.63, 3.8) is 0 Å². The number of hydrogen-bond acceptors (Lipinski definition) is 5. The first-order chi connectivity index (χ1) is 11.2. The van der Waals surface area contributed by atoms with Crippen molar-refractivity contribution in [2.24, 2.45) is 0 Å². The summed E-state index contributed by atoms with van der Waals surface area (Å²) in [6.45, 7) is 0. The summed E-state index contributed by atoms with van der Waals surface area (Å²) in [4.78, 5) is 13.8. The summed E-state index contributed by atoms with van der Waals surface area (Å²) in [6, 6.07) is 19.0. The molecule has 1 heterocycles. The first kappa shape index (κ1) is 15.3. The predicted molar refractivity (Wildman–Crippen MR) is 90.3 cm³/mol. The SMILES string of the molecule is CN(C(=O)CSc1nnc(-c2ccccc2)o1)c1ccccc1. The van der Waals surface area contributed by atoms with Crippen LogP contribution in [0, 0.1) is 0 Å². The molecule has 23 heavy (non-hydrogen) atoms. The number of rotatable bonds is 5. The van der Waals surface area contributed by atoms with Crippen LogP contribution in [-0.2, 0) is 4.79 Å². The van der Waals surface area contributed by atoms with Gasteiger partial charge in [0.15, 0.2) is 0 Å². The minimum absolute atomic E-state index is 0.0272. The number of hydrogen-bond donors (Lipinski definition) is 0. The van der Waals surface area contributed by atoms with Crippen LogP contribution in [0.5, 0.6) is 0 Å². The second-order valence-corrected chi connectivity index (χ2v) is 5.74. The van der Waals surface area contributed by atoms with E-state index in [1.54, 1.807) is 11.9 Å². The lowest BCUT2D eigenvalue weighted by Crippen LogP contribution is -2.27. The maximum Gasteiger partial charge on any atom is 0.277 e.